The van der Waals surface area contributed by atoms with Crippen LogP contribution in [0.15, 0.2) is 42.6 Å². The molecule has 0 unspecified atom stereocenters. The summed E-state index contributed by atoms with van der Waals surface area (Å²) < 4.78 is 25.4. The van der Waals surface area contributed by atoms with Crippen molar-refractivity contribution >= 4 is 50.7 Å². The molecule has 3 heterocycles. The van der Waals surface area contributed by atoms with E-state index in [0.29, 0.717) is 43.9 Å². The lowest BCUT2D eigenvalue weighted by Gasteiger charge is -2.21. The highest BCUT2D eigenvalue weighted by molar-refractivity contribution is 7.22. The maximum atomic E-state index is 13.4. The van der Waals surface area contributed by atoms with Gasteiger partial charge in [-0.15, -0.1) is 11.3 Å². The highest BCUT2D eigenvalue weighted by Crippen LogP contribution is 2.41. The van der Waals surface area contributed by atoms with E-state index in [1.165, 1.54) is 42.5 Å². The number of nitrogens with one attached hydrogen (secondary N) is 2. The molecule has 0 fully saturated rings. The number of hydrogen-bond acceptors (Lipinski definition) is 8. The number of halogens is 2. The molecule has 0 radical (unpaired) electrons. The molecule has 38 heavy (non-hydrogen) atoms. The summed E-state index contributed by atoms with van der Waals surface area (Å²) in [7, 11) is 0. The van der Waals surface area contributed by atoms with Crippen molar-refractivity contribution in [3.63, 3.8) is 0 Å². The molecule has 1 aromatic carbocycles. The molecule has 0 aliphatic heterocycles. The van der Waals surface area contributed by atoms with E-state index in [2.05, 4.69) is 4.98 Å². The number of benzene rings is 1. The number of nitrogens with two attached hydrogens (primary N) is 1. The maximum absolute atomic E-state index is 13.4. The molecule has 11 heteroatoms. The monoisotopic (exact) mass is 553 g/mol. The van der Waals surface area contributed by atoms with Crippen molar-refractivity contribution in [2.45, 2.75) is 33.8 Å². The van der Waals surface area contributed by atoms with Gasteiger partial charge in [-0.2, -0.15) is 0 Å². The summed E-state index contributed by atoms with van der Waals surface area (Å²) >= 11 is 7.64. The van der Waals surface area contributed by atoms with Crippen LogP contribution in [0.5, 0.6) is 5.75 Å². The highest BCUT2D eigenvalue weighted by atomic mass is 35.5. The molecule has 4 rings (SSSR count). The number of ether oxygens (including phenoxy) is 2. The number of aromatic nitrogens is 2. The third-order valence-corrected chi connectivity index (χ3v) is 7.08. The van der Waals surface area contributed by atoms with Crippen LogP contribution in [0.1, 0.15) is 48.1 Å². The van der Waals surface area contributed by atoms with Gasteiger partial charge in [-0.25, -0.2) is 9.37 Å². The van der Waals surface area contributed by atoms with Crippen LogP contribution in [0.3, 0.4) is 0 Å². The first kappa shape index (κ1) is 27.2. The molecule has 0 aliphatic rings. The molecular formula is C27H25ClFN5O3S. The van der Waals surface area contributed by atoms with Crippen LogP contribution in [-0.4, -0.2) is 27.7 Å². The topological polar surface area (TPSA) is 135 Å². The smallest absolute Gasteiger partial charge is 0.251 e. The largest absolute Gasteiger partial charge is 0.487 e. The molecule has 196 valence electrons. The molecule has 8 nitrogen and oxygen atoms in total. The summed E-state index contributed by atoms with van der Waals surface area (Å²) in [5, 5.41) is 17.6. The number of carbonyl (C=O) groups is 1. The standard InChI is InChI=1S/C27H25ClFN5O3S/c1-13(2)10-18-21(26(31)35)23(20-11-15-8-9-33-25(28)24(15)38-20)22(27(32)37-14(3)30)19(34-18)12-36-17-6-4-16(29)5-7-17/h4-9,11,13,30,32H,10,12H2,1-3H3,(H2,31,35). The molecule has 0 spiro atoms. The Hall–Kier alpha value is -3.89. The van der Waals surface area contributed by atoms with Crippen molar-refractivity contribution in [2.24, 2.45) is 11.7 Å². The van der Waals surface area contributed by atoms with Gasteiger partial charge < -0.3 is 15.2 Å². The van der Waals surface area contributed by atoms with E-state index in [1.807, 2.05) is 19.9 Å². The summed E-state index contributed by atoms with van der Waals surface area (Å²) in [6, 6.07) is 9.14. The van der Waals surface area contributed by atoms with Gasteiger partial charge in [-0.05, 0) is 54.1 Å². The number of nitrogens with zero attached hydrogens (tertiary/aromatic N) is 2. The van der Waals surface area contributed by atoms with Gasteiger partial charge in [0.1, 0.15) is 23.3 Å². The maximum Gasteiger partial charge on any atom is 0.251 e. The van der Waals surface area contributed by atoms with E-state index in [9.17, 15) is 9.18 Å². The zero-order valence-corrected chi connectivity index (χ0v) is 22.5. The third kappa shape index (κ3) is 5.81. The summed E-state index contributed by atoms with van der Waals surface area (Å²) in [5.41, 5.74) is 7.34. The fourth-order valence-electron chi connectivity index (χ4n) is 4.03. The Morgan fingerprint density at radius 1 is 1.16 bits per heavy atom. The Morgan fingerprint density at radius 3 is 2.47 bits per heavy atom. The number of primary amides is 1. The molecule has 0 atom stereocenters. The van der Waals surface area contributed by atoms with Crippen molar-refractivity contribution in [3.8, 4) is 16.2 Å². The Labute approximate surface area is 227 Å². The van der Waals surface area contributed by atoms with Crippen LogP contribution in [0.4, 0.5) is 4.39 Å². The summed E-state index contributed by atoms with van der Waals surface area (Å²) in [6.07, 6.45) is 2.01. The molecule has 4 aromatic rings. The minimum Gasteiger partial charge on any atom is -0.487 e. The number of rotatable bonds is 8. The first-order chi connectivity index (χ1) is 18.0. The SMILES string of the molecule is CC(=N)OC(=N)c1c(COc2ccc(F)cc2)nc(CC(C)C)c(C(N)=O)c1-c1cc2ccnc(Cl)c2s1. The Balaban J connectivity index is 2.01. The summed E-state index contributed by atoms with van der Waals surface area (Å²) in [4.78, 5) is 22.4. The molecular weight excluding hydrogens is 529 g/mol. The predicted molar refractivity (Wildman–Crippen MR) is 147 cm³/mol. The molecule has 0 saturated carbocycles. The van der Waals surface area contributed by atoms with Crippen molar-refractivity contribution in [1.82, 2.24) is 9.97 Å². The van der Waals surface area contributed by atoms with Gasteiger partial charge in [0.25, 0.3) is 5.91 Å². The Bertz CT molecular complexity index is 1550. The highest BCUT2D eigenvalue weighted by Gasteiger charge is 2.29. The average molecular weight is 554 g/mol. The fraction of sp³-hybridized carbons (Fsp3) is 0.222. The zero-order chi connectivity index (χ0) is 27.6. The number of pyridine rings is 2. The normalized spacial score (nSPS) is 11.1. The minimum atomic E-state index is -0.712. The van der Waals surface area contributed by atoms with Crippen LogP contribution in [0.25, 0.3) is 20.5 Å². The van der Waals surface area contributed by atoms with Crippen molar-refractivity contribution in [2.75, 3.05) is 0 Å². The average Bonchev–Trinajstić information content (AvgIpc) is 3.27. The van der Waals surface area contributed by atoms with Crippen LogP contribution in [0.2, 0.25) is 5.15 Å². The van der Waals surface area contributed by atoms with Gasteiger partial charge in [-0.3, -0.25) is 20.6 Å². The van der Waals surface area contributed by atoms with E-state index in [4.69, 9.17) is 42.6 Å². The second kappa shape index (κ2) is 11.2. The van der Waals surface area contributed by atoms with Gasteiger partial charge in [0.05, 0.1) is 27.2 Å². The second-order valence-corrected chi connectivity index (χ2v) is 10.4. The van der Waals surface area contributed by atoms with Crippen molar-refractivity contribution in [3.05, 3.63) is 76.1 Å². The van der Waals surface area contributed by atoms with Gasteiger partial charge in [0.2, 0.25) is 5.90 Å². The number of thiophene rings is 1. The lowest BCUT2D eigenvalue weighted by atomic mass is 9.92. The molecule has 0 bridgehead atoms. The predicted octanol–water partition coefficient (Wildman–Crippen LogP) is 6.37. The molecule has 0 saturated heterocycles. The number of fused-ring (bicyclic) bond motifs is 1. The first-order valence-electron chi connectivity index (χ1n) is 11.6. The van der Waals surface area contributed by atoms with Crippen LogP contribution in [0, 0.1) is 22.6 Å². The molecule has 0 aliphatic carbocycles. The summed E-state index contributed by atoms with van der Waals surface area (Å²) in [5.74, 6) is -1.21. The van der Waals surface area contributed by atoms with E-state index in [0.717, 1.165) is 5.39 Å². The lowest BCUT2D eigenvalue weighted by Crippen LogP contribution is -2.23. The Kier molecular flexibility index (Phi) is 8.03. The van der Waals surface area contributed by atoms with Gasteiger partial charge in [0.15, 0.2) is 5.90 Å². The molecule has 3 aromatic heterocycles. The van der Waals surface area contributed by atoms with Crippen LogP contribution < -0.4 is 10.5 Å². The third-order valence-electron chi connectivity index (χ3n) is 5.50. The van der Waals surface area contributed by atoms with Gasteiger partial charge >= 0.3 is 0 Å². The lowest BCUT2D eigenvalue weighted by molar-refractivity contribution is 0.0999. The summed E-state index contributed by atoms with van der Waals surface area (Å²) in [6.45, 7) is 5.25. The van der Waals surface area contributed by atoms with Gasteiger partial charge in [-0.1, -0.05) is 25.4 Å². The number of hydrogen-bond donors (Lipinski definition) is 3. The van der Waals surface area contributed by atoms with Crippen molar-refractivity contribution in [1.29, 1.82) is 10.8 Å². The second-order valence-electron chi connectivity index (χ2n) is 8.95. The van der Waals surface area contributed by atoms with E-state index >= 15 is 0 Å². The fourth-order valence-corrected chi connectivity index (χ4v) is 5.40. The van der Waals surface area contributed by atoms with E-state index < -0.39 is 17.6 Å². The molecule has 1 amide bonds. The van der Waals surface area contributed by atoms with Gasteiger partial charge in [0, 0.05) is 23.6 Å². The zero-order valence-electron chi connectivity index (χ0n) is 20.9. The quantitative estimate of drug-likeness (QED) is 0.132. The van der Waals surface area contributed by atoms with E-state index in [1.54, 1.807) is 12.3 Å². The van der Waals surface area contributed by atoms with Crippen LogP contribution in [-0.2, 0) is 17.8 Å². The first-order valence-corrected chi connectivity index (χ1v) is 12.8. The van der Waals surface area contributed by atoms with E-state index in [-0.39, 0.29) is 29.5 Å². The minimum absolute atomic E-state index is 0.117. The van der Waals surface area contributed by atoms with Crippen LogP contribution >= 0.6 is 22.9 Å². The van der Waals surface area contributed by atoms with Crippen molar-refractivity contribution < 1.29 is 18.7 Å². The molecule has 4 N–H and O–H groups in total. The Morgan fingerprint density at radius 2 is 1.87 bits per heavy atom. The number of amides is 1. The number of carbonyl (C=O) groups excluding carboxylic acids is 1.